The summed E-state index contributed by atoms with van der Waals surface area (Å²) in [5.74, 6) is 0.716. The normalized spacial score (nSPS) is 10.8. The first-order valence-electron chi connectivity index (χ1n) is 10.1. The maximum atomic E-state index is 5.00. The molecule has 0 fully saturated rings. The minimum absolute atomic E-state index is 0.716. The average molecular weight is 393 g/mol. The Morgan fingerprint density at radius 1 is 0.867 bits per heavy atom. The Hall–Kier alpha value is -3.52. The van der Waals surface area contributed by atoms with Gasteiger partial charge in [-0.05, 0) is 38.8 Å². The van der Waals surface area contributed by atoms with Crippen molar-refractivity contribution in [2.75, 3.05) is 0 Å². The fourth-order valence-corrected chi connectivity index (χ4v) is 3.34. The van der Waals surface area contributed by atoms with Crippen LogP contribution in [-0.2, 0) is 0 Å². The number of hydrogen-bond acceptors (Lipinski definition) is 2. The van der Waals surface area contributed by atoms with E-state index in [1.54, 1.807) is 6.08 Å². The van der Waals surface area contributed by atoms with Crippen molar-refractivity contribution in [1.82, 2.24) is 9.97 Å². The molecule has 0 aliphatic heterocycles. The van der Waals surface area contributed by atoms with E-state index >= 15 is 0 Å². The van der Waals surface area contributed by atoms with Gasteiger partial charge in [0.1, 0.15) is 0 Å². The number of nitrogens with zero attached hydrogens (tertiary/aromatic N) is 2. The number of aromatic nitrogens is 2. The van der Waals surface area contributed by atoms with E-state index in [0.29, 0.717) is 5.82 Å². The van der Waals surface area contributed by atoms with E-state index in [4.69, 9.17) is 9.97 Å². The average Bonchev–Trinajstić information content (AvgIpc) is 2.75. The summed E-state index contributed by atoms with van der Waals surface area (Å²) in [4.78, 5) is 9.97. The molecular weight excluding hydrogens is 364 g/mol. The van der Waals surface area contributed by atoms with E-state index in [1.165, 1.54) is 5.57 Å². The van der Waals surface area contributed by atoms with Gasteiger partial charge in [0.05, 0.1) is 11.4 Å². The first kappa shape index (κ1) is 21.2. The van der Waals surface area contributed by atoms with Crippen LogP contribution in [0.2, 0.25) is 0 Å². The van der Waals surface area contributed by atoms with E-state index < -0.39 is 0 Å². The van der Waals surface area contributed by atoms with Gasteiger partial charge in [0.2, 0.25) is 0 Å². The van der Waals surface area contributed by atoms with E-state index in [1.807, 2.05) is 31.2 Å². The van der Waals surface area contributed by atoms with Gasteiger partial charge in [-0.1, -0.05) is 97.1 Å². The second-order valence-electron chi connectivity index (χ2n) is 7.60. The highest BCUT2D eigenvalue weighted by atomic mass is 14.9. The van der Waals surface area contributed by atoms with E-state index in [-0.39, 0.29) is 0 Å². The minimum atomic E-state index is 0.716. The molecule has 0 aliphatic rings. The molecule has 2 aromatic carbocycles. The van der Waals surface area contributed by atoms with Crippen molar-refractivity contribution < 1.29 is 0 Å². The van der Waals surface area contributed by atoms with Crippen LogP contribution in [0, 0.1) is 6.92 Å². The molecule has 30 heavy (non-hydrogen) atoms. The molecule has 150 valence electrons. The molecule has 1 heterocycles. The number of rotatable bonds is 6. The maximum absolute atomic E-state index is 5.00. The quantitative estimate of drug-likeness (QED) is 0.402. The first-order valence-corrected chi connectivity index (χ1v) is 10.1. The lowest BCUT2D eigenvalue weighted by Crippen LogP contribution is -2.03. The molecule has 0 spiro atoms. The van der Waals surface area contributed by atoms with Crippen molar-refractivity contribution in [3.63, 3.8) is 0 Å². The first-order chi connectivity index (χ1) is 14.4. The SMILES string of the molecule is C=C/C=C\C(=C(C)C)c1nc(-c2ccc(C(=C)C)cc2)nc(-c2ccccc2)c1C. The number of hydrogen-bond donors (Lipinski definition) is 0. The third-order valence-electron chi connectivity index (χ3n) is 5.02. The molecule has 0 bridgehead atoms. The number of benzene rings is 2. The lowest BCUT2D eigenvalue weighted by atomic mass is 9.97. The summed E-state index contributed by atoms with van der Waals surface area (Å²) in [5.41, 5.74) is 9.47. The Bertz CT molecular complexity index is 1130. The molecule has 0 saturated carbocycles. The van der Waals surface area contributed by atoms with Gasteiger partial charge in [0, 0.05) is 16.7 Å². The Balaban J connectivity index is 2.28. The van der Waals surface area contributed by atoms with Crippen molar-refractivity contribution in [3.05, 3.63) is 108 Å². The van der Waals surface area contributed by atoms with Crippen molar-refractivity contribution in [3.8, 4) is 22.6 Å². The predicted octanol–water partition coefficient (Wildman–Crippen LogP) is 7.69. The summed E-state index contributed by atoms with van der Waals surface area (Å²) in [7, 11) is 0. The third kappa shape index (κ3) is 4.55. The van der Waals surface area contributed by atoms with Gasteiger partial charge in [-0.3, -0.25) is 0 Å². The highest BCUT2D eigenvalue weighted by Gasteiger charge is 2.16. The Morgan fingerprint density at radius 3 is 2.10 bits per heavy atom. The molecule has 3 rings (SSSR count). The Labute approximate surface area is 180 Å². The second kappa shape index (κ2) is 9.32. The number of allylic oxidation sites excluding steroid dienone is 6. The summed E-state index contributed by atoms with van der Waals surface area (Å²) in [5, 5.41) is 0. The zero-order valence-electron chi connectivity index (χ0n) is 18.2. The molecule has 0 atom stereocenters. The van der Waals surface area contributed by atoms with E-state index in [9.17, 15) is 0 Å². The summed E-state index contributed by atoms with van der Waals surface area (Å²) in [6.07, 6.45) is 5.81. The molecule has 0 N–H and O–H groups in total. The predicted molar refractivity (Wildman–Crippen MR) is 130 cm³/mol. The molecule has 0 unspecified atom stereocenters. The third-order valence-corrected chi connectivity index (χ3v) is 5.02. The van der Waals surface area contributed by atoms with Crippen LogP contribution in [0.3, 0.4) is 0 Å². The summed E-state index contributed by atoms with van der Waals surface area (Å²) < 4.78 is 0. The van der Waals surface area contributed by atoms with Gasteiger partial charge in [0.25, 0.3) is 0 Å². The van der Waals surface area contributed by atoms with Gasteiger partial charge >= 0.3 is 0 Å². The highest BCUT2D eigenvalue weighted by molar-refractivity contribution is 5.81. The molecular formula is C28H28N2. The van der Waals surface area contributed by atoms with Crippen LogP contribution in [0.25, 0.3) is 33.8 Å². The molecule has 2 heteroatoms. The second-order valence-corrected chi connectivity index (χ2v) is 7.60. The molecule has 0 saturated heterocycles. The smallest absolute Gasteiger partial charge is 0.160 e. The van der Waals surface area contributed by atoms with Crippen molar-refractivity contribution >= 4 is 11.1 Å². The monoisotopic (exact) mass is 392 g/mol. The van der Waals surface area contributed by atoms with Gasteiger partial charge in [0.15, 0.2) is 5.82 Å². The largest absolute Gasteiger partial charge is 0.228 e. The fraction of sp³-hybridized carbons (Fsp3) is 0.143. The molecule has 0 amide bonds. The summed E-state index contributed by atoms with van der Waals surface area (Å²) in [6.45, 7) is 16.2. The molecule has 1 aromatic heterocycles. The van der Waals surface area contributed by atoms with Crippen LogP contribution < -0.4 is 0 Å². The summed E-state index contributed by atoms with van der Waals surface area (Å²) in [6, 6.07) is 18.6. The van der Waals surface area contributed by atoms with Crippen LogP contribution in [0.5, 0.6) is 0 Å². The van der Waals surface area contributed by atoms with Gasteiger partial charge in [-0.15, -0.1) is 0 Å². The lowest BCUT2D eigenvalue weighted by Gasteiger charge is -2.15. The van der Waals surface area contributed by atoms with Crippen LogP contribution >= 0.6 is 0 Å². The lowest BCUT2D eigenvalue weighted by molar-refractivity contribution is 1.11. The molecule has 3 aromatic rings. The summed E-state index contributed by atoms with van der Waals surface area (Å²) >= 11 is 0. The zero-order valence-corrected chi connectivity index (χ0v) is 18.2. The molecule has 0 aliphatic carbocycles. The van der Waals surface area contributed by atoms with Crippen LogP contribution in [0.4, 0.5) is 0 Å². The van der Waals surface area contributed by atoms with Crippen molar-refractivity contribution in [2.45, 2.75) is 27.7 Å². The van der Waals surface area contributed by atoms with Gasteiger partial charge in [-0.2, -0.15) is 0 Å². The van der Waals surface area contributed by atoms with E-state index in [0.717, 1.165) is 44.8 Å². The van der Waals surface area contributed by atoms with Crippen molar-refractivity contribution in [2.24, 2.45) is 0 Å². The highest BCUT2D eigenvalue weighted by Crippen LogP contribution is 2.31. The topological polar surface area (TPSA) is 25.8 Å². The van der Waals surface area contributed by atoms with Gasteiger partial charge < -0.3 is 0 Å². The fourth-order valence-electron chi connectivity index (χ4n) is 3.34. The van der Waals surface area contributed by atoms with Gasteiger partial charge in [-0.25, -0.2) is 9.97 Å². The Kier molecular flexibility index (Phi) is 6.58. The van der Waals surface area contributed by atoms with Crippen LogP contribution in [-0.4, -0.2) is 9.97 Å². The Morgan fingerprint density at radius 2 is 1.53 bits per heavy atom. The molecule has 0 radical (unpaired) electrons. The maximum Gasteiger partial charge on any atom is 0.160 e. The van der Waals surface area contributed by atoms with E-state index in [2.05, 4.69) is 76.4 Å². The van der Waals surface area contributed by atoms with Crippen LogP contribution in [0.15, 0.2) is 91.6 Å². The standard InChI is InChI=1S/C28H28N2/c1-7-8-14-25(20(4)5)27-21(6)26(23-12-10-9-11-13-23)29-28(30-27)24-17-15-22(16-18-24)19(2)3/h7-18H,1-2H2,3-6H3/b14-8-. The van der Waals surface area contributed by atoms with Crippen molar-refractivity contribution in [1.29, 1.82) is 0 Å². The van der Waals surface area contributed by atoms with Crippen LogP contribution in [0.1, 0.15) is 37.6 Å². The zero-order chi connectivity index (χ0) is 21.7. The minimum Gasteiger partial charge on any atom is -0.228 e. The molecule has 2 nitrogen and oxygen atoms in total.